The fourth-order valence-corrected chi connectivity index (χ4v) is 2.69. The number of nitrogens with two attached hydrogens (primary N) is 1. The first-order valence-electron chi connectivity index (χ1n) is 6.93. The minimum atomic E-state index is 0.342. The average Bonchev–Trinajstić information content (AvgIpc) is 2.81. The molecule has 1 fully saturated rings. The molecule has 3 heteroatoms. The molecule has 0 saturated heterocycles. The zero-order chi connectivity index (χ0) is 11.6. The molecule has 3 N–H and O–H groups in total. The van der Waals surface area contributed by atoms with Gasteiger partial charge < -0.3 is 10.8 Å². The number of hydrogen-bond donors (Lipinski definition) is 2. The van der Waals surface area contributed by atoms with E-state index in [1.54, 1.807) is 0 Å². The van der Waals surface area contributed by atoms with E-state index < -0.39 is 0 Å². The Kier molecular flexibility index (Phi) is 7.81. The van der Waals surface area contributed by atoms with Gasteiger partial charge >= 0.3 is 0 Å². The van der Waals surface area contributed by atoms with E-state index in [1.165, 1.54) is 45.1 Å². The van der Waals surface area contributed by atoms with Crippen LogP contribution in [0.15, 0.2) is 0 Å². The molecule has 0 heterocycles. The lowest BCUT2D eigenvalue weighted by Gasteiger charge is -2.28. The predicted octanol–water partition coefficient (Wildman–Crippen LogP) is 1.74. The molecule has 0 amide bonds. The van der Waals surface area contributed by atoms with Crippen LogP contribution in [-0.2, 0) is 0 Å². The molecular weight excluding hydrogens is 200 g/mol. The highest BCUT2D eigenvalue weighted by molar-refractivity contribution is 4.77. The normalized spacial score (nSPS) is 17.4. The van der Waals surface area contributed by atoms with E-state index in [9.17, 15) is 0 Å². The molecule has 0 atom stereocenters. The third-order valence-corrected chi connectivity index (χ3v) is 3.61. The highest BCUT2D eigenvalue weighted by Gasteiger charge is 2.21. The molecule has 0 spiro atoms. The van der Waals surface area contributed by atoms with Crippen molar-refractivity contribution in [1.29, 1.82) is 0 Å². The van der Waals surface area contributed by atoms with Gasteiger partial charge in [0.2, 0.25) is 0 Å². The standard InChI is InChI=1S/C13H28N2O/c14-9-11-15(13-7-3-4-8-13)10-5-1-2-6-12-16/h13,16H,1-12,14H2. The van der Waals surface area contributed by atoms with Crippen LogP contribution in [-0.4, -0.2) is 42.3 Å². The lowest BCUT2D eigenvalue weighted by Crippen LogP contribution is -2.37. The van der Waals surface area contributed by atoms with Crippen molar-refractivity contribution in [3.05, 3.63) is 0 Å². The van der Waals surface area contributed by atoms with Crippen molar-refractivity contribution in [2.45, 2.75) is 57.4 Å². The smallest absolute Gasteiger partial charge is 0.0431 e. The van der Waals surface area contributed by atoms with Crippen LogP contribution in [0.25, 0.3) is 0 Å². The molecule has 96 valence electrons. The van der Waals surface area contributed by atoms with Crippen molar-refractivity contribution < 1.29 is 5.11 Å². The molecule has 1 aliphatic rings. The summed E-state index contributed by atoms with van der Waals surface area (Å²) in [5.74, 6) is 0. The second-order valence-electron chi connectivity index (χ2n) is 4.90. The highest BCUT2D eigenvalue weighted by atomic mass is 16.2. The molecule has 0 aromatic heterocycles. The van der Waals surface area contributed by atoms with Gasteiger partial charge in [0.15, 0.2) is 0 Å². The Labute approximate surface area is 100 Å². The fraction of sp³-hybridized carbons (Fsp3) is 1.00. The maximum absolute atomic E-state index is 8.70. The van der Waals surface area contributed by atoms with E-state index in [4.69, 9.17) is 10.8 Å². The molecule has 1 saturated carbocycles. The Morgan fingerprint density at radius 2 is 1.69 bits per heavy atom. The maximum Gasteiger partial charge on any atom is 0.0431 e. The lowest BCUT2D eigenvalue weighted by molar-refractivity contribution is 0.198. The molecule has 0 aliphatic heterocycles. The van der Waals surface area contributed by atoms with Crippen LogP contribution in [0.2, 0.25) is 0 Å². The second kappa shape index (κ2) is 8.97. The summed E-state index contributed by atoms with van der Waals surface area (Å²) in [6.45, 7) is 3.39. The van der Waals surface area contributed by atoms with Crippen molar-refractivity contribution in [3.8, 4) is 0 Å². The van der Waals surface area contributed by atoms with Crippen molar-refractivity contribution in [2.24, 2.45) is 5.73 Å². The summed E-state index contributed by atoms with van der Waals surface area (Å²) < 4.78 is 0. The number of hydrogen-bond acceptors (Lipinski definition) is 3. The lowest BCUT2D eigenvalue weighted by atomic mass is 10.1. The molecule has 16 heavy (non-hydrogen) atoms. The van der Waals surface area contributed by atoms with Gasteiger partial charge in [-0.05, 0) is 32.2 Å². The molecular formula is C13H28N2O. The van der Waals surface area contributed by atoms with Crippen LogP contribution in [0.4, 0.5) is 0 Å². The minimum Gasteiger partial charge on any atom is -0.396 e. The van der Waals surface area contributed by atoms with Gasteiger partial charge in [-0.1, -0.05) is 25.7 Å². The molecule has 1 rings (SSSR count). The van der Waals surface area contributed by atoms with Crippen molar-refractivity contribution in [1.82, 2.24) is 4.90 Å². The van der Waals surface area contributed by atoms with Gasteiger partial charge in [-0.15, -0.1) is 0 Å². The fourth-order valence-electron chi connectivity index (χ4n) is 2.69. The van der Waals surface area contributed by atoms with Gasteiger partial charge in [0.05, 0.1) is 0 Å². The highest BCUT2D eigenvalue weighted by Crippen LogP contribution is 2.23. The van der Waals surface area contributed by atoms with Crippen molar-refractivity contribution in [2.75, 3.05) is 26.2 Å². The van der Waals surface area contributed by atoms with Gasteiger partial charge in [-0.25, -0.2) is 0 Å². The van der Waals surface area contributed by atoms with Crippen LogP contribution in [0, 0.1) is 0 Å². The van der Waals surface area contributed by atoms with E-state index in [-0.39, 0.29) is 0 Å². The zero-order valence-corrected chi connectivity index (χ0v) is 10.5. The Hall–Kier alpha value is -0.120. The van der Waals surface area contributed by atoms with Crippen molar-refractivity contribution >= 4 is 0 Å². The summed E-state index contributed by atoms with van der Waals surface area (Å²) in [6.07, 6.45) is 10.2. The summed E-state index contributed by atoms with van der Waals surface area (Å²) >= 11 is 0. The van der Waals surface area contributed by atoms with Gasteiger partial charge in [0.1, 0.15) is 0 Å². The van der Waals surface area contributed by atoms with Gasteiger partial charge in [-0.2, -0.15) is 0 Å². The largest absolute Gasteiger partial charge is 0.396 e. The number of rotatable bonds is 9. The van der Waals surface area contributed by atoms with Crippen LogP contribution in [0.5, 0.6) is 0 Å². The Bertz CT molecular complexity index is 158. The molecule has 3 nitrogen and oxygen atoms in total. The van der Waals surface area contributed by atoms with E-state index in [0.29, 0.717) is 6.61 Å². The number of unbranched alkanes of at least 4 members (excludes halogenated alkanes) is 3. The monoisotopic (exact) mass is 228 g/mol. The van der Waals surface area contributed by atoms with E-state index in [1.807, 2.05) is 0 Å². The predicted molar refractivity (Wildman–Crippen MR) is 68.4 cm³/mol. The summed E-state index contributed by atoms with van der Waals surface area (Å²) in [7, 11) is 0. The average molecular weight is 228 g/mol. The first-order chi connectivity index (χ1) is 7.88. The summed E-state index contributed by atoms with van der Waals surface area (Å²) in [5.41, 5.74) is 5.67. The Balaban J connectivity index is 2.12. The second-order valence-corrected chi connectivity index (χ2v) is 4.90. The SMILES string of the molecule is NCCN(CCCCCCO)C1CCCC1. The summed E-state index contributed by atoms with van der Waals surface area (Å²) in [6, 6.07) is 0.807. The molecule has 0 radical (unpaired) electrons. The third kappa shape index (κ3) is 5.28. The molecule has 0 unspecified atom stereocenters. The third-order valence-electron chi connectivity index (χ3n) is 3.61. The first-order valence-corrected chi connectivity index (χ1v) is 6.93. The van der Waals surface area contributed by atoms with Gasteiger partial charge in [-0.3, -0.25) is 4.90 Å². The molecule has 0 aromatic rings. The Morgan fingerprint density at radius 3 is 2.31 bits per heavy atom. The zero-order valence-electron chi connectivity index (χ0n) is 10.5. The summed E-state index contributed by atoms with van der Waals surface area (Å²) in [4.78, 5) is 2.59. The summed E-state index contributed by atoms with van der Waals surface area (Å²) in [5, 5.41) is 8.70. The quantitative estimate of drug-likeness (QED) is 0.591. The van der Waals surface area contributed by atoms with Crippen LogP contribution < -0.4 is 5.73 Å². The molecule has 0 aromatic carbocycles. The van der Waals surface area contributed by atoms with Crippen LogP contribution in [0.3, 0.4) is 0 Å². The van der Waals surface area contributed by atoms with E-state index in [2.05, 4.69) is 4.90 Å². The van der Waals surface area contributed by atoms with E-state index >= 15 is 0 Å². The van der Waals surface area contributed by atoms with Gasteiger partial charge in [0.25, 0.3) is 0 Å². The minimum absolute atomic E-state index is 0.342. The number of aliphatic hydroxyl groups excluding tert-OH is 1. The topological polar surface area (TPSA) is 49.5 Å². The maximum atomic E-state index is 8.70. The number of nitrogens with zero attached hydrogens (tertiary/aromatic N) is 1. The van der Waals surface area contributed by atoms with Gasteiger partial charge in [0, 0.05) is 25.7 Å². The van der Waals surface area contributed by atoms with Crippen molar-refractivity contribution in [3.63, 3.8) is 0 Å². The Morgan fingerprint density at radius 1 is 1.00 bits per heavy atom. The number of aliphatic hydroxyl groups is 1. The molecule has 0 bridgehead atoms. The van der Waals surface area contributed by atoms with Crippen LogP contribution >= 0.6 is 0 Å². The molecule has 1 aliphatic carbocycles. The van der Waals surface area contributed by atoms with E-state index in [0.717, 1.165) is 32.0 Å². The first kappa shape index (κ1) is 13.9. The van der Waals surface area contributed by atoms with Crippen LogP contribution in [0.1, 0.15) is 51.4 Å².